The number of methoxy groups -OCH3 is 1. The van der Waals surface area contributed by atoms with Gasteiger partial charge in [0.15, 0.2) is 5.76 Å². The summed E-state index contributed by atoms with van der Waals surface area (Å²) in [5, 5.41) is 8.95. The van der Waals surface area contributed by atoms with E-state index in [4.69, 9.17) is 4.74 Å². The first kappa shape index (κ1) is 15.8. The number of likely N-dealkylation sites (N-methyl/N-ethyl adjacent to an activating group) is 1. The second kappa shape index (κ2) is 6.10. The predicted molar refractivity (Wildman–Crippen MR) is 103 cm³/mol. The number of nitrogens with zero attached hydrogens (tertiary/aromatic N) is 4. The molecule has 5 rings (SSSR count). The highest BCUT2D eigenvalue weighted by Crippen LogP contribution is 2.39. The molecule has 0 radical (unpaired) electrons. The molecular weight excluding hydrogens is 346 g/mol. The topological polar surface area (TPSA) is 53.5 Å². The second-order valence-corrected chi connectivity index (χ2v) is 7.89. The Hall–Kier alpha value is -2.38. The van der Waals surface area contributed by atoms with E-state index in [2.05, 4.69) is 44.5 Å². The summed E-state index contributed by atoms with van der Waals surface area (Å²) in [6.45, 7) is 0.891. The molecule has 0 fully saturated rings. The van der Waals surface area contributed by atoms with Gasteiger partial charge < -0.3 is 10.1 Å². The van der Waals surface area contributed by atoms with Crippen LogP contribution in [-0.4, -0.2) is 40.7 Å². The number of hydrazine groups is 1. The summed E-state index contributed by atoms with van der Waals surface area (Å²) in [5.41, 5.74) is 3.51. The zero-order valence-corrected chi connectivity index (χ0v) is 15.8. The van der Waals surface area contributed by atoms with Crippen LogP contribution >= 0.6 is 11.3 Å². The number of anilines is 1. The van der Waals surface area contributed by atoms with Crippen LogP contribution in [0, 0.1) is 0 Å². The summed E-state index contributed by atoms with van der Waals surface area (Å²) < 4.78 is 5.63. The van der Waals surface area contributed by atoms with Crippen LogP contribution in [0.1, 0.15) is 23.3 Å². The van der Waals surface area contributed by atoms with Crippen molar-refractivity contribution in [1.82, 2.24) is 20.0 Å². The minimum atomic E-state index is 0.798. The van der Waals surface area contributed by atoms with Crippen molar-refractivity contribution in [2.24, 2.45) is 0 Å². The zero-order valence-electron chi connectivity index (χ0n) is 15.0. The van der Waals surface area contributed by atoms with Crippen molar-refractivity contribution in [3.8, 4) is 0 Å². The van der Waals surface area contributed by atoms with Gasteiger partial charge in [0.1, 0.15) is 17.0 Å². The third kappa shape index (κ3) is 2.42. The molecule has 1 aliphatic carbocycles. The van der Waals surface area contributed by atoms with Gasteiger partial charge in [-0.1, -0.05) is 0 Å². The number of rotatable bonds is 3. The Balaban J connectivity index is 1.56. The fourth-order valence-electron chi connectivity index (χ4n) is 3.87. The van der Waals surface area contributed by atoms with Crippen LogP contribution in [-0.2, 0) is 17.6 Å². The highest BCUT2D eigenvalue weighted by atomic mass is 32.1. The Morgan fingerprint density at radius 3 is 3.00 bits per heavy atom. The first-order chi connectivity index (χ1) is 12.7. The van der Waals surface area contributed by atoms with Gasteiger partial charge in [0.25, 0.3) is 0 Å². The minimum Gasteiger partial charge on any atom is -0.493 e. The molecule has 2 aromatic rings. The Morgan fingerprint density at radius 1 is 1.23 bits per heavy atom. The first-order valence-corrected chi connectivity index (χ1v) is 9.77. The highest BCUT2D eigenvalue weighted by Gasteiger charge is 2.26. The first-order valence-electron chi connectivity index (χ1n) is 8.95. The van der Waals surface area contributed by atoms with Crippen LogP contribution in [0.25, 0.3) is 10.2 Å². The molecule has 0 spiro atoms. The third-order valence-corrected chi connectivity index (χ3v) is 6.42. The summed E-state index contributed by atoms with van der Waals surface area (Å²) in [4.78, 5) is 11.6. The number of allylic oxidation sites excluding steroid dienone is 1. The molecule has 0 bridgehead atoms. The average molecular weight is 367 g/mol. The van der Waals surface area contributed by atoms with Crippen LogP contribution < -0.4 is 5.32 Å². The number of hydrogen-bond acceptors (Lipinski definition) is 7. The van der Waals surface area contributed by atoms with E-state index in [-0.39, 0.29) is 0 Å². The molecule has 134 valence electrons. The lowest BCUT2D eigenvalue weighted by atomic mass is 9.97. The number of nitrogens with one attached hydrogen (secondary N) is 1. The number of aryl methyl sites for hydroxylation is 2. The minimum absolute atomic E-state index is 0.798. The molecule has 0 amide bonds. The predicted octanol–water partition coefficient (Wildman–Crippen LogP) is 3.41. The molecule has 6 nitrogen and oxygen atoms in total. The average Bonchev–Trinajstić information content (AvgIpc) is 3.22. The Kier molecular flexibility index (Phi) is 3.72. The summed E-state index contributed by atoms with van der Waals surface area (Å²) in [7, 11) is 3.76. The number of hydrogen-bond donors (Lipinski definition) is 1. The molecule has 0 aromatic carbocycles. The fraction of sp³-hybridized carbons (Fsp3) is 0.368. The molecule has 0 saturated carbocycles. The Morgan fingerprint density at radius 2 is 2.12 bits per heavy atom. The van der Waals surface area contributed by atoms with Gasteiger partial charge in [-0.05, 0) is 43.4 Å². The number of fused-ring (bicyclic) bond motifs is 4. The van der Waals surface area contributed by atoms with Crippen LogP contribution in [0.2, 0.25) is 0 Å². The van der Waals surface area contributed by atoms with E-state index < -0.39 is 0 Å². The van der Waals surface area contributed by atoms with Gasteiger partial charge in [-0.25, -0.2) is 15.0 Å². The van der Waals surface area contributed by atoms with E-state index in [0.29, 0.717) is 0 Å². The van der Waals surface area contributed by atoms with Gasteiger partial charge in [-0.15, -0.1) is 11.3 Å². The van der Waals surface area contributed by atoms with E-state index in [0.717, 1.165) is 47.2 Å². The van der Waals surface area contributed by atoms with Gasteiger partial charge in [-0.2, -0.15) is 0 Å². The van der Waals surface area contributed by atoms with Crippen molar-refractivity contribution >= 4 is 27.4 Å². The van der Waals surface area contributed by atoms with E-state index >= 15 is 0 Å². The van der Waals surface area contributed by atoms with Gasteiger partial charge in [0.2, 0.25) is 0 Å². The van der Waals surface area contributed by atoms with Crippen molar-refractivity contribution in [3.05, 3.63) is 52.3 Å². The highest BCUT2D eigenvalue weighted by molar-refractivity contribution is 7.19. The van der Waals surface area contributed by atoms with E-state index in [1.807, 2.05) is 17.5 Å². The quantitative estimate of drug-likeness (QED) is 0.897. The summed E-state index contributed by atoms with van der Waals surface area (Å²) in [5.74, 6) is 1.68. The van der Waals surface area contributed by atoms with Gasteiger partial charge in [0, 0.05) is 18.5 Å². The van der Waals surface area contributed by atoms with Crippen LogP contribution in [0.3, 0.4) is 0 Å². The lowest BCUT2D eigenvalue weighted by molar-refractivity contribution is 0.122. The fourth-order valence-corrected chi connectivity index (χ4v) is 5.10. The Labute approximate surface area is 156 Å². The van der Waals surface area contributed by atoms with Crippen molar-refractivity contribution in [3.63, 3.8) is 0 Å². The standard InChI is InChI=1S/C19H21N5OS/c1-23-8-7-12-9-14(15(25-2)10-24(12)23)22-18-17-13-5-3-4-6-16(13)26-19(17)21-11-20-18/h7,9-11H,3-6,8H2,1-2H3,(H,20,21,22). The molecule has 2 aromatic heterocycles. The van der Waals surface area contributed by atoms with E-state index in [1.54, 1.807) is 13.4 Å². The van der Waals surface area contributed by atoms with Crippen LogP contribution in [0.5, 0.6) is 0 Å². The molecule has 26 heavy (non-hydrogen) atoms. The number of aromatic nitrogens is 2. The SMILES string of the molecule is COC1=CN2C(=CCN2C)C=C1Nc1ncnc2sc3c(c12)CCCC3. The smallest absolute Gasteiger partial charge is 0.160 e. The molecule has 7 heteroatoms. The maximum atomic E-state index is 5.63. The number of ether oxygens (including phenoxy) is 1. The molecular formula is C19H21N5OS. The lowest BCUT2D eigenvalue weighted by Gasteiger charge is -2.29. The monoisotopic (exact) mass is 367 g/mol. The van der Waals surface area contributed by atoms with Gasteiger partial charge in [-0.3, -0.25) is 5.01 Å². The maximum absolute atomic E-state index is 5.63. The van der Waals surface area contributed by atoms with Crippen molar-refractivity contribution in [2.45, 2.75) is 25.7 Å². The molecule has 2 aliphatic heterocycles. The summed E-state index contributed by atoms with van der Waals surface area (Å²) >= 11 is 1.82. The zero-order chi connectivity index (χ0) is 17.7. The molecule has 1 N–H and O–H groups in total. The molecule has 4 heterocycles. The molecule has 0 atom stereocenters. The molecule has 3 aliphatic rings. The van der Waals surface area contributed by atoms with Crippen LogP contribution in [0.4, 0.5) is 5.82 Å². The number of thiophene rings is 1. The second-order valence-electron chi connectivity index (χ2n) is 6.81. The normalized spacial score (nSPS) is 19.6. The lowest BCUT2D eigenvalue weighted by Crippen LogP contribution is -2.32. The molecule has 0 saturated heterocycles. The van der Waals surface area contributed by atoms with Crippen molar-refractivity contribution < 1.29 is 4.74 Å². The summed E-state index contributed by atoms with van der Waals surface area (Å²) in [6.07, 6.45) is 12.8. The van der Waals surface area contributed by atoms with Gasteiger partial charge >= 0.3 is 0 Å². The van der Waals surface area contributed by atoms with E-state index in [1.165, 1.54) is 28.7 Å². The molecule has 0 unspecified atom stereocenters. The van der Waals surface area contributed by atoms with E-state index in [9.17, 15) is 0 Å². The largest absolute Gasteiger partial charge is 0.493 e. The Bertz CT molecular complexity index is 974. The van der Waals surface area contributed by atoms with Gasteiger partial charge in [0.05, 0.1) is 30.1 Å². The van der Waals surface area contributed by atoms with Crippen molar-refractivity contribution in [1.29, 1.82) is 0 Å². The summed E-state index contributed by atoms with van der Waals surface area (Å²) in [6, 6.07) is 0. The third-order valence-electron chi connectivity index (χ3n) is 5.22. The maximum Gasteiger partial charge on any atom is 0.160 e. The van der Waals surface area contributed by atoms with Crippen molar-refractivity contribution in [2.75, 3.05) is 26.0 Å². The van der Waals surface area contributed by atoms with Crippen LogP contribution in [0.15, 0.2) is 41.8 Å².